The molecule has 1 unspecified atom stereocenters. The lowest BCUT2D eigenvalue weighted by Crippen LogP contribution is -2.37. The molecule has 0 saturated heterocycles. The minimum absolute atomic E-state index is 0.0317. The van der Waals surface area contributed by atoms with Crippen LogP contribution in [0.4, 0.5) is 8.78 Å². The highest BCUT2D eigenvalue weighted by molar-refractivity contribution is 7.07. The Balaban J connectivity index is 1.87. The molecule has 4 heteroatoms. The van der Waals surface area contributed by atoms with Crippen LogP contribution in [0.2, 0.25) is 0 Å². The molecule has 1 nitrogen and oxygen atoms in total. The Morgan fingerprint density at radius 2 is 1.95 bits per heavy atom. The first-order valence-corrected chi connectivity index (χ1v) is 7.20. The average Bonchev–Trinajstić information content (AvgIpc) is 2.90. The predicted octanol–water partition coefficient (Wildman–Crippen LogP) is 4.06. The van der Waals surface area contributed by atoms with Gasteiger partial charge < -0.3 is 5.32 Å². The minimum atomic E-state index is -2.83. The average molecular weight is 281 g/mol. The Morgan fingerprint density at radius 3 is 2.58 bits per heavy atom. The van der Waals surface area contributed by atoms with Crippen LogP contribution in [0.3, 0.4) is 0 Å². The van der Waals surface area contributed by atoms with Gasteiger partial charge >= 0.3 is 0 Å². The van der Waals surface area contributed by atoms with Gasteiger partial charge in [0.15, 0.2) is 0 Å². The quantitative estimate of drug-likeness (QED) is 0.842. The fourth-order valence-electron chi connectivity index (χ4n) is 1.92. The monoisotopic (exact) mass is 281 g/mol. The van der Waals surface area contributed by atoms with Crippen molar-refractivity contribution in [1.82, 2.24) is 5.32 Å². The summed E-state index contributed by atoms with van der Waals surface area (Å²) in [5, 5.41) is 6.96. The third-order valence-corrected chi connectivity index (χ3v) is 3.72. The van der Waals surface area contributed by atoms with E-state index < -0.39 is 5.92 Å². The second kappa shape index (κ2) is 6.26. The number of hydrogen-bond acceptors (Lipinski definition) is 2. The first-order valence-electron chi connectivity index (χ1n) is 6.26. The summed E-state index contributed by atoms with van der Waals surface area (Å²) in [6.07, 6.45) is 0.772. The van der Waals surface area contributed by atoms with Gasteiger partial charge in [0.1, 0.15) is 0 Å². The lowest BCUT2D eigenvalue weighted by Gasteiger charge is -2.20. The summed E-state index contributed by atoms with van der Waals surface area (Å²) in [5.74, 6) is -2.83. The summed E-state index contributed by atoms with van der Waals surface area (Å²) in [7, 11) is 0. The molecule has 0 bridgehead atoms. The van der Waals surface area contributed by atoms with Gasteiger partial charge in [-0.25, -0.2) is 0 Å². The van der Waals surface area contributed by atoms with Gasteiger partial charge in [0.2, 0.25) is 0 Å². The highest BCUT2D eigenvalue weighted by Crippen LogP contribution is 2.26. The molecule has 0 aliphatic heterocycles. The van der Waals surface area contributed by atoms with Gasteiger partial charge in [0, 0.05) is 11.6 Å². The van der Waals surface area contributed by atoms with Gasteiger partial charge in [-0.15, -0.1) is 0 Å². The normalized spacial score (nSPS) is 13.4. The SMILES string of the molecule is CC(Cc1ccsc1)NCC(F)(F)c1ccccc1. The van der Waals surface area contributed by atoms with E-state index in [1.807, 2.05) is 23.8 Å². The van der Waals surface area contributed by atoms with Crippen LogP contribution in [0.5, 0.6) is 0 Å². The summed E-state index contributed by atoms with van der Waals surface area (Å²) in [6.45, 7) is 1.60. The van der Waals surface area contributed by atoms with E-state index in [0.717, 1.165) is 6.42 Å². The maximum atomic E-state index is 13.9. The second-order valence-corrected chi connectivity index (χ2v) is 5.47. The molecule has 0 saturated carbocycles. The Bertz CT molecular complexity index is 482. The number of rotatable bonds is 6. The van der Waals surface area contributed by atoms with Crippen molar-refractivity contribution < 1.29 is 8.78 Å². The van der Waals surface area contributed by atoms with E-state index in [4.69, 9.17) is 0 Å². The highest BCUT2D eigenvalue weighted by atomic mass is 32.1. The van der Waals surface area contributed by atoms with Crippen molar-refractivity contribution in [3.63, 3.8) is 0 Å². The van der Waals surface area contributed by atoms with Crippen LogP contribution in [-0.2, 0) is 12.3 Å². The summed E-state index contributed by atoms with van der Waals surface area (Å²) in [6, 6.07) is 10.0. The number of benzene rings is 1. The molecule has 1 atom stereocenters. The van der Waals surface area contributed by atoms with Gasteiger partial charge in [-0.05, 0) is 35.7 Å². The Kier molecular flexibility index (Phi) is 4.66. The second-order valence-electron chi connectivity index (χ2n) is 4.69. The number of nitrogens with one attached hydrogen (secondary N) is 1. The molecule has 1 heterocycles. The third kappa shape index (κ3) is 4.11. The first kappa shape index (κ1) is 14.2. The van der Waals surface area contributed by atoms with Crippen molar-refractivity contribution in [1.29, 1.82) is 0 Å². The van der Waals surface area contributed by atoms with E-state index in [0.29, 0.717) is 0 Å². The van der Waals surface area contributed by atoms with E-state index in [9.17, 15) is 8.78 Å². The molecule has 102 valence electrons. The maximum Gasteiger partial charge on any atom is 0.285 e. The molecule has 1 aromatic heterocycles. The topological polar surface area (TPSA) is 12.0 Å². The van der Waals surface area contributed by atoms with Crippen molar-refractivity contribution in [3.8, 4) is 0 Å². The molecule has 0 amide bonds. The molecule has 0 spiro atoms. The molecule has 0 fully saturated rings. The number of alkyl halides is 2. The van der Waals surface area contributed by atoms with Crippen LogP contribution in [0.15, 0.2) is 47.2 Å². The summed E-state index contributed by atoms with van der Waals surface area (Å²) >= 11 is 1.63. The van der Waals surface area contributed by atoms with Crippen molar-refractivity contribution in [2.75, 3.05) is 6.54 Å². The van der Waals surface area contributed by atoms with E-state index in [-0.39, 0.29) is 18.2 Å². The summed E-state index contributed by atoms with van der Waals surface area (Å²) in [4.78, 5) is 0. The van der Waals surface area contributed by atoms with Crippen LogP contribution in [0.25, 0.3) is 0 Å². The van der Waals surface area contributed by atoms with Crippen molar-refractivity contribution in [3.05, 3.63) is 58.3 Å². The van der Waals surface area contributed by atoms with Crippen molar-refractivity contribution in [2.24, 2.45) is 0 Å². The largest absolute Gasteiger partial charge is 0.308 e. The van der Waals surface area contributed by atoms with Crippen molar-refractivity contribution in [2.45, 2.75) is 25.3 Å². The fourth-order valence-corrected chi connectivity index (χ4v) is 2.60. The highest BCUT2D eigenvalue weighted by Gasteiger charge is 2.31. The van der Waals surface area contributed by atoms with Gasteiger partial charge in [0.05, 0.1) is 6.54 Å². The van der Waals surface area contributed by atoms with E-state index in [1.165, 1.54) is 17.7 Å². The fraction of sp³-hybridized carbons (Fsp3) is 0.333. The molecule has 0 radical (unpaired) electrons. The van der Waals surface area contributed by atoms with Crippen LogP contribution in [0.1, 0.15) is 18.1 Å². The lowest BCUT2D eigenvalue weighted by atomic mass is 10.1. The number of thiophene rings is 1. The van der Waals surface area contributed by atoms with Crippen LogP contribution in [0, 0.1) is 0 Å². The minimum Gasteiger partial charge on any atom is -0.308 e. The molecule has 19 heavy (non-hydrogen) atoms. The molecular weight excluding hydrogens is 264 g/mol. The molecular formula is C15H17F2NS. The van der Waals surface area contributed by atoms with E-state index >= 15 is 0 Å². The van der Waals surface area contributed by atoms with Gasteiger partial charge in [-0.1, -0.05) is 30.3 Å². The van der Waals surface area contributed by atoms with E-state index in [1.54, 1.807) is 29.5 Å². The molecule has 2 rings (SSSR count). The lowest BCUT2D eigenvalue weighted by molar-refractivity contribution is -0.00527. The number of hydrogen-bond donors (Lipinski definition) is 1. The van der Waals surface area contributed by atoms with Crippen molar-refractivity contribution >= 4 is 11.3 Å². The smallest absolute Gasteiger partial charge is 0.285 e. The first-order chi connectivity index (χ1) is 9.08. The maximum absolute atomic E-state index is 13.9. The van der Waals surface area contributed by atoms with Gasteiger partial charge in [-0.2, -0.15) is 20.1 Å². The standard InChI is InChI=1S/C15H17F2NS/c1-12(9-13-7-8-19-10-13)18-11-15(16,17)14-5-3-2-4-6-14/h2-8,10,12,18H,9,11H2,1H3. The molecule has 0 aliphatic rings. The van der Waals surface area contributed by atoms with E-state index in [2.05, 4.69) is 5.32 Å². The summed E-state index contributed by atoms with van der Waals surface area (Å²) < 4.78 is 27.9. The van der Waals surface area contributed by atoms with Crippen LogP contribution in [-0.4, -0.2) is 12.6 Å². The molecule has 1 aromatic carbocycles. The Labute approximate surface area is 116 Å². The van der Waals surface area contributed by atoms with Crippen LogP contribution < -0.4 is 5.32 Å². The molecule has 2 aromatic rings. The molecule has 1 N–H and O–H groups in total. The Morgan fingerprint density at radius 1 is 1.21 bits per heavy atom. The zero-order valence-electron chi connectivity index (χ0n) is 10.8. The molecule has 0 aliphatic carbocycles. The van der Waals surface area contributed by atoms with Gasteiger partial charge in [0.25, 0.3) is 5.92 Å². The predicted molar refractivity (Wildman–Crippen MR) is 75.8 cm³/mol. The number of halogens is 2. The summed E-state index contributed by atoms with van der Waals surface area (Å²) in [5.41, 5.74) is 1.25. The third-order valence-electron chi connectivity index (χ3n) is 2.99. The van der Waals surface area contributed by atoms with Gasteiger partial charge in [-0.3, -0.25) is 0 Å². The zero-order chi connectivity index (χ0) is 13.7. The van der Waals surface area contributed by atoms with Crippen LogP contribution >= 0.6 is 11.3 Å². The zero-order valence-corrected chi connectivity index (χ0v) is 11.6. The Hall–Kier alpha value is -1.26.